The van der Waals surface area contributed by atoms with E-state index in [1.165, 1.54) is 26.5 Å². The van der Waals surface area contributed by atoms with Crippen LogP contribution in [0.25, 0.3) is 11.2 Å². The van der Waals surface area contributed by atoms with E-state index in [0.717, 1.165) is 6.42 Å². The van der Waals surface area contributed by atoms with E-state index in [1.807, 2.05) is 0 Å². The number of carbonyl (C=O) groups is 2. The van der Waals surface area contributed by atoms with Gasteiger partial charge in [0.15, 0.2) is 35.4 Å². The summed E-state index contributed by atoms with van der Waals surface area (Å²) in [6, 6.07) is 0.122. The number of ether oxygens (including phenoxy) is 4. The number of hydrogen-bond acceptors (Lipinski definition) is 11. The van der Waals surface area contributed by atoms with Crippen LogP contribution in [0, 0.1) is 0 Å². The summed E-state index contributed by atoms with van der Waals surface area (Å²) in [5.41, 5.74) is 0.944. The summed E-state index contributed by atoms with van der Waals surface area (Å²) in [7, 11) is 0. The molecule has 2 saturated heterocycles. The Hall–Kier alpha value is -2.83. The average Bonchev–Trinajstić information content (AvgIpc) is 3.42. The molecule has 162 valence electrons. The van der Waals surface area contributed by atoms with Gasteiger partial charge < -0.3 is 29.4 Å². The molecule has 0 spiro atoms. The van der Waals surface area contributed by atoms with Gasteiger partial charge in [-0.1, -0.05) is 0 Å². The van der Waals surface area contributed by atoms with Gasteiger partial charge in [-0.2, -0.15) is 0 Å². The van der Waals surface area contributed by atoms with Crippen LogP contribution in [-0.2, 0) is 28.5 Å². The van der Waals surface area contributed by atoms with E-state index < -0.39 is 43.1 Å². The minimum Gasteiger partial charge on any atom is -0.456 e. The lowest BCUT2D eigenvalue weighted by Gasteiger charge is -2.23. The Morgan fingerprint density at radius 1 is 1.23 bits per heavy atom. The first-order valence-electron chi connectivity index (χ1n) is 9.60. The predicted octanol–water partition coefficient (Wildman–Crippen LogP) is -0.220. The highest BCUT2D eigenvalue weighted by atomic mass is 16.6. The molecule has 0 radical (unpaired) electrons. The quantitative estimate of drug-likeness (QED) is 0.597. The number of anilines is 1. The van der Waals surface area contributed by atoms with Gasteiger partial charge in [0.2, 0.25) is 0 Å². The number of hydrogen-bond donors (Lipinski definition) is 2. The molecule has 2 aliphatic rings. The molecule has 0 unspecified atom stereocenters. The van der Waals surface area contributed by atoms with Crippen LogP contribution >= 0.6 is 0 Å². The zero-order chi connectivity index (χ0) is 21.3. The number of aromatic nitrogens is 4. The number of fused-ring (bicyclic) bond motifs is 1. The molecule has 12 heteroatoms. The van der Waals surface area contributed by atoms with Gasteiger partial charge >= 0.3 is 11.9 Å². The molecule has 2 aliphatic heterocycles. The molecule has 2 aromatic heterocycles. The lowest BCUT2D eigenvalue weighted by Crippen LogP contribution is -2.40. The average molecular weight is 421 g/mol. The van der Waals surface area contributed by atoms with Crippen molar-refractivity contribution in [3.63, 3.8) is 0 Å². The Balaban J connectivity index is 1.68. The summed E-state index contributed by atoms with van der Waals surface area (Å²) >= 11 is 0. The van der Waals surface area contributed by atoms with Crippen molar-refractivity contribution in [1.29, 1.82) is 0 Å². The molecule has 4 rings (SSSR count). The maximum absolute atomic E-state index is 11.7. The number of rotatable bonds is 6. The van der Waals surface area contributed by atoms with Crippen LogP contribution in [0.3, 0.4) is 0 Å². The third-order valence-electron chi connectivity index (χ3n) is 4.97. The fraction of sp³-hybridized carbons (Fsp3) is 0.611. The van der Waals surface area contributed by atoms with Gasteiger partial charge in [0.05, 0.1) is 25.6 Å². The van der Waals surface area contributed by atoms with Crippen LogP contribution in [-0.4, -0.2) is 80.7 Å². The van der Waals surface area contributed by atoms with Crippen LogP contribution in [0.2, 0.25) is 0 Å². The lowest BCUT2D eigenvalue weighted by molar-refractivity contribution is -0.165. The number of nitrogens with zero attached hydrogens (tertiary/aromatic N) is 4. The second-order valence-electron chi connectivity index (χ2n) is 7.15. The van der Waals surface area contributed by atoms with Gasteiger partial charge in [-0.15, -0.1) is 0 Å². The number of imidazole rings is 1. The molecular weight excluding hydrogens is 398 g/mol. The van der Waals surface area contributed by atoms with Crippen molar-refractivity contribution in [1.82, 2.24) is 19.5 Å². The predicted molar refractivity (Wildman–Crippen MR) is 100 cm³/mol. The third-order valence-corrected chi connectivity index (χ3v) is 4.97. The molecule has 2 aromatic rings. The molecule has 0 amide bonds. The van der Waals surface area contributed by atoms with Crippen LogP contribution in [0.4, 0.5) is 5.82 Å². The third kappa shape index (κ3) is 3.93. The van der Waals surface area contributed by atoms with E-state index in [-0.39, 0.29) is 6.04 Å². The first-order valence-corrected chi connectivity index (χ1v) is 9.60. The topological polar surface area (TPSA) is 147 Å². The number of esters is 2. The Kier molecular flexibility index (Phi) is 5.79. The van der Waals surface area contributed by atoms with Crippen molar-refractivity contribution >= 4 is 28.9 Å². The van der Waals surface area contributed by atoms with Crippen molar-refractivity contribution in [2.24, 2.45) is 0 Å². The Bertz CT molecular complexity index is 929. The second-order valence-corrected chi connectivity index (χ2v) is 7.15. The molecule has 4 heterocycles. The molecular formula is C18H23N5O7. The van der Waals surface area contributed by atoms with Crippen molar-refractivity contribution in [2.75, 3.05) is 25.1 Å². The Labute approximate surface area is 171 Å². The van der Waals surface area contributed by atoms with E-state index in [4.69, 9.17) is 18.9 Å². The number of aliphatic hydroxyl groups is 1. The fourth-order valence-corrected chi connectivity index (χ4v) is 3.72. The zero-order valence-corrected chi connectivity index (χ0v) is 16.6. The first kappa shape index (κ1) is 20.4. The van der Waals surface area contributed by atoms with Crippen molar-refractivity contribution in [2.45, 2.75) is 50.8 Å². The molecule has 12 nitrogen and oxygen atoms in total. The van der Waals surface area contributed by atoms with E-state index in [1.54, 1.807) is 4.57 Å². The normalized spacial score (nSPS) is 28.6. The van der Waals surface area contributed by atoms with Crippen LogP contribution in [0.15, 0.2) is 12.7 Å². The summed E-state index contributed by atoms with van der Waals surface area (Å²) < 4.78 is 23.5. The maximum atomic E-state index is 11.7. The van der Waals surface area contributed by atoms with Gasteiger partial charge in [-0.3, -0.25) is 14.2 Å². The molecule has 2 fully saturated rings. The minimum absolute atomic E-state index is 0.122. The van der Waals surface area contributed by atoms with Crippen molar-refractivity contribution in [3.05, 3.63) is 12.7 Å². The van der Waals surface area contributed by atoms with Crippen molar-refractivity contribution in [3.8, 4) is 0 Å². The second kappa shape index (κ2) is 8.50. The standard InChI is InChI=1S/C18H23N5O7/c1-9(25)28-14-12(5-24)30-18(15(14)29-10(2)26)23-8-21-13-16(19-7-20-17(13)23)22-11-3-4-27-6-11/h7-8,11-12,14-15,18,24H,3-6H2,1-2H3,(H,19,20,22)/t11-,12-,14-,15-,18-/m1/s1. The van der Waals surface area contributed by atoms with E-state index >= 15 is 0 Å². The van der Waals surface area contributed by atoms with E-state index in [2.05, 4.69) is 20.3 Å². The zero-order valence-electron chi connectivity index (χ0n) is 16.6. The van der Waals surface area contributed by atoms with E-state index in [9.17, 15) is 14.7 Å². The van der Waals surface area contributed by atoms with Gasteiger partial charge in [0.1, 0.15) is 12.4 Å². The highest BCUT2D eigenvalue weighted by Gasteiger charge is 2.50. The summed E-state index contributed by atoms with van der Waals surface area (Å²) in [6.07, 6.45) is -0.0179. The highest BCUT2D eigenvalue weighted by Crippen LogP contribution is 2.36. The molecule has 0 saturated carbocycles. The molecule has 5 atom stereocenters. The number of aliphatic hydroxyl groups excluding tert-OH is 1. The summed E-state index contributed by atoms with van der Waals surface area (Å²) in [5, 5.41) is 13.0. The van der Waals surface area contributed by atoms with Gasteiger partial charge in [0, 0.05) is 20.5 Å². The summed E-state index contributed by atoms with van der Waals surface area (Å²) in [6.45, 7) is 3.31. The Morgan fingerprint density at radius 2 is 2.00 bits per heavy atom. The SMILES string of the molecule is CC(=O)O[C@@H]1[C@H](OC(C)=O)[C@@H](CO)O[C@H]1n1cnc2c(N[C@@H]3CCOC3)ncnc21. The largest absolute Gasteiger partial charge is 0.456 e. The van der Waals surface area contributed by atoms with Gasteiger partial charge in [-0.05, 0) is 6.42 Å². The van der Waals surface area contributed by atoms with Crippen LogP contribution in [0.5, 0.6) is 0 Å². The fourth-order valence-electron chi connectivity index (χ4n) is 3.72. The molecule has 0 aliphatic carbocycles. The lowest BCUT2D eigenvalue weighted by atomic mass is 10.1. The van der Waals surface area contributed by atoms with Crippen LogP contribution < -0.4 is 5.32 Å². The molecule has 0 bridgehead atoms. The van der Waals surface area contributed by atoms with Crippen molar-refractivity contribution < 1.29 is 33.6 Å². The minimum atomic E-state index is -0.990. The molecule has 0 aromatic carbocycles. The smallest absolute Gasteiger partial charge is 0.303 e. The van der Waals surface area contributed by atoms with Gasteiger partial charge in [0.25, 0.3) is 0 Å². The van der Waals surface area contributed by atoms with E-state index in [0.29, 0.717) is 30.2 Å². The Morgan fingerprint density at radius 3 is 2.67 bits per heavy atom. The first-order chi connectivity index (χ1) is 14.5. The summed E-state index contributed by atoms with van der Waals surface area (Å²) in [5.74, 6) is -0.610. The number of nitrogens with one attached hydrogen (secondary N) is 1. The highest BCUT2D eigenvalue weighted by molar-refractivity contribution is 5.83. The van der Waals surface area contributed by atoms with Gasteiger partial charge in [-0.25, -0.2) is 15.0 Å². The monoisotopic (exact) mass is 421 g/mol. The van der Waals surface area contributed by atoms with Crippen LogP contribution in [0.1, 0.15) is 26.5 Å². The number of carbonyl (C=O) groups excluding carboxylic acids is 2. The molecule has 2 N–H and O–H groups in total. The molecule has 30 heavy (non-hydrogen) atoms. The summed E-state index contributed by atoms with van der Waals surface area (Å²) in [4.78, 5) is 36.2. The maximum Gasteiger partial charge on any atom is 0.303 e.